The molecule has 1 saturated carbocycles. The van der Waals surface area contributed by atoms with Gasteiger partial charge in [-0.1, -0.05) is 40.5 Å². The molecule has 0 radical (unpaired) electrons. The van der Waals surface area contributed by atoms with Crippen molar-refractivity contribution in [1.29, 1.82) is 0 Å². The second-order valence-electron chi connectivity index (χ2n) is 8.83. The number of nitrogens with zero attached hydrogens (tertiary/aromatic N) is 5. The van der Waals surface area contributed by atoms with Gasteiger partial charge in [-0.3, -0.25) is 14.2 Å². The van der Waals surface area contributed by atoms with E-state index >= 15 is 0 Å². The van der Waals surface area contributed by atoms with E-state index in [-0.39, 0.29) is 24.6 Å². The predicted octanol–water partition coefficient (Wildman–Crippen LogP) is 4.26. The highest BCUT2D eigenvalue weighted by Crippen LogP contribution is 2.38. The van der Waals surface area contributed by atoms with Crippen molar-refractivity contribution in [2.45, 2.75) is 38.8 Å². The fourth-order valence-corrected chi connectivity index (χ4v) is 4.46. The SMILES string of the molecule is Cc1ccc2c(c1)c1ncn(Cc3nc(C4CC4)no3)c(=O)c1n2CC(=O)Nc1ccccc1Cl. The molecule has 0 unspecified atom stereocenters. The van der Waals surface area contributed by atoms with Crippen LogP contribution in [0.4, 0.5) is 5.69 Å². The summed E-state index contributed by atoms with van der Waals surface area (Å²) in [6.45, 7) is 2.00. The van der Waals surface area contributed by atoms with E-state index in [9.17, 15) is 9.59 Å². The van der Waals surface area contributed by atoms with Crippen LogP contribution in [0.2, 0.25) is 5.02 Å². The molecule has 3 heterocycles. The number of carbonyl (C=O) groups is 1. The fourth-order valence-electron chi connectivity index (χ4n) is 4.27. The van der Waals surface area contributed by atoms with E-state index < -0.39 is 0 Å². The summed E-state index contributed by atoms with van der Waals surface area (Å²) in [5, 5.41) is 8.10. The summed E-state index contributed by atoms with van der Waals surface area (Å²) in [5.74, 6) is 1.08. The Hall–Kier alpha value is -3.98. The van der Waals surface area contributed by atoms with Crippen molar-refractivity contribution < 1.29 is 9.32 Å². The molecule has 0 bridgehead atoms. The normalized spacial score (nSPS) is 13.5. The van der Waals surface area contributed by atoms with Crippen molar-refractivity contribution in [3.63, 3.8) is 0 Å². The average molecular weight is 489 g/mol. The largest absolute Gasteiger partial charge is 0.337 e. The van der Waals surface area contributed by atoms with E-state index in [1.54, 1.807) is 28.8 Å². The van der Waals surface area contributed by atoms with E-state index in [4.69, 9.17) is 16.1 Å². The number of rotatable bonds is 6. The van der Waals surface area contributed by atoms with E-state index in [0.717, 1.165) is 29.3 Å². The summed E-state index contributed by atoms with van der Waals surface area (Å²) in [4.78, 5) is 35.6. The van der Waals surface area contributed by atoms with Gasteiger partial charge in [0.25, 0.3) is 5.56 Å². The first-order valence-electron chi connectivity index (χ1n) is 11.3. The Morgan fingerprint density at radius 2 is 2.06 bits per heavy atom. The van der Waals surface area contributed by atoms with Crippen LogP contribution in [0.25, 0.3) is 21.9 Å². The van der Waals surface area contributed by atoms with Gasteiger partial charge in [-0.05, 0) is 44.0 Å². The van der Waals surface area contributed by atoms with Crippen molar-refractivity contribution in [2.75, 3.05) is 5.32 Å². The van der Waals surface area contributed by atoms with Crippen LogP contribution in [0.1, 0.15) is 36.0 Å². The highest BCUT2D eigenvalue weighted by Gasteiger charge is 2.29. The van der Waals surface area contributed by atoms with Gasteiger partial charge in [-0.15, -0.1) is 0 Å². The minimum absolute atomic E-state index is 0.0817. The van der Waals surface area contributed by atoms with Gasteiger partial charge < -0.3 is 14.4 Å². The zero-order valence-corrected chi connectivity index (χ0v) is 19.6. The maximum atomic E-state index is 13.6. The summed E-state index contributed by atoms with van der Waals surface area (Å²) in [6.07, 6.45) is 3.60. The number of hydrogen-bond donors (Lipinski definition) is 1. The highest BCUT2D eigenvalue weighted by atomic mass is 35.5. The summed E-state index contributed by atoms with van der Waals surface area (Å²) in [5.41, 5.74) is 2.87. The molecule has 1 N–H and O–H groups in total. The minimum atomic E-state index is -0.307. The van der Waals surface area contributed by atoms with Crippen molar-refractivity contribution in [1.82, 2.24) is 24.3 Å². The number of nitrogens with one attached hydrogen (secondary N) is 1. The zero-order valence-electron chi connectivity index (χ0n) is 18.9. The van der Waals surface area contributed by atoms with Gasteiger partial charge in [0.15, 0.2) is 5.82 Å². The van der Waals surface area contributed by atoms with Gasteiger partial charge in [0.2, 0.25) is 11.8 Å². The van der Waals surface area contributed by atoms with Crippen molar-refractivity contribution in [3.05, 3.63) is 81.4 Å². The van der Waals surface area contributed by atoms with Gasteiger partial charge in [0.05, 0.1) is 22.6 Å². The average Bonchev–Trinajstić information content (AvgIpc) is 3.51. The lowest BCUT2D eigenvalue weighted by atomic mass is 10.1. The van der Waals surface area contributed by atoms with E-state index in [1.807, 2.05) is 25.1 Å². The van der Waals surface area contributed by atoms with Crippen molar-refractivity contribution in [2.24, 2.45) is 0 Å². The molecule has 3 aromatic heterocycles. The third-order valence-corrected chi connectivity index (χ3v) is 6.49. The number of para-hydroxylation sites is 1. The number of fused-ring (bicyclic) bond motifs is 3. The summed E-state index contributed by atoms with van der Waals surface area (Å²) < 4.78 is 8.48. The summed E-state index contributed by atoms with van der Waals surface area (Å²) in [6, 6.07) is 12.8. The molecule has 5 aromatic rings. The first-order chi connectivity index (χ1) is 17.0. The van der Waals surface area contributed by atoms with Gasteiger partial charge in [0, 0.05) is 11.3 Å². The topological polar surface area (TPSA) is 108 Å². The molecule has 1 aliphatic carbocycles. The number of amides is 1. The van der Waals surface area contributed by atoms with E-state index in [0.29, 0.717) is 39.4 Å². The van der Waals surface area contributed by atoms with Crippen LogP contribution in [0, 0.1) is 6.92 Å². The molecule has 9 nitrogen and oxygen atoms in total. The van der Waals surface area contributed by atoms with E-state index in [2.05, 4.69) is 20.4 Å². The quantitative estimate of drug-likeness (QED) is 0.382. The second-order valence-corrected chi connectivity index (χ2v) is 9.24. The van der Waals surface area contributed by atoms with Gasteiger partial charge in [-0.25, -0.2) is 4.98 Å². The third-order valence-electron chi connectivity index (χ3n) is 6.16. The molecule has 1 aliphatic rings. The van der Waals surface area contributed by atoms with Crippen LogP contribution >= 0.6 is 11.6 Å². The first-order valence-corrected chi connectivity index (χ1v) is 11.7. The number of aromatic nitrogens is 5. The molecule has 0 spiro atoms. The van der Waals surface area contributed by atoms with Gasteiger partial charge in [0.1, 0.15) is 24.1 Å². The molecule has 0 atom stereocenters. The Morgan fingerprint density at radius 1 is 1.23 bits per heavy atom. The lowest BCUT2D eigenvalue weighted by Gasteiger charge is -2.10. The maximum absolute atomic E-state index is 13.6. The molecule has 10 heteroatoms. The molecule has 6 rings (SSSR count). The van der Waals surface area contributed by atoms with Crippen LogP contribution in [-0.4, -0.2) is 30.2 Å². The van der Waals surface area contributed by atoms with Crippen LogP contribution < -0.4 is 10.9 Å². The molecule has 1 amide bonds. The minimum Gasteiger partial charge on any atom is -0.337 e. The Labute approximate surface area is 204 Å². The monoisotopic (exact) mass is 488 g/mol. The van der Waals surface area contributed by atoms with Crippen LogP contribution in [0.15, 0.2) is 58.1 Å². The van der Waals surface area contributed by atoms with Crippen LogP contribution in [0.5, 0.6) is 0 Å². The van der Waals surface area contributed by atoms with E-state index in [1.165, 1.54) is 10.9 Å². The molecule has 176 valence electrons. The number of halogens is 1. The standard InChI is InChI=1S/C25H21ClN6O3/c1-14-6-9-19-16(10-14)22-23(32(19)11-20(33)28-18-5-3-2-4-17(18)26)25(34)31(13-27-22)12-21-29-24(30-35-21)15-7-8-15/h2-6,9-10,13,15H,7-8,11-12H2,1H3,(H,28,33). The van der Waals surface area contributed by atoms with Crippen LogP contribution in [-0.2, 0) is 17.9 Å². The maximum Gasteiger partial charge on any atom is 0.278 e. The third kappa shape index (κ3) is 3.97. The summed E-state index contributed by atoms with van der Waals surface area (Å²) in [7, 11) is 0. The van der Waals surface area contributed by atoms with Crippen molar-refractivity contribution in [3.8, 4) is 0 Å². The lowest BCUT2D eigenvalue weighted by molar-refractivity contribution is -0.116. The molecular formula is C25H21ClN6O3. The predicted molar refractivity (Wildman–Crippen MR) is 132 cm³/mol. The van der Waals surface area contributed by atoms with Gasteiger partial charge in [-0.2, -0.15) is 4.98 Å². The number of carbonyl (C=O) groups excluding carboxylic acids is 1. The molecule has 1 fully saturated rings. The zero-order chi connectivity index (χ0) is 24.1. The molecule has 35 heavy (non-hydrogen) atoms. The van der Waals surface area contributed by atoms with Crippen molar-refractivity contribution >= 4 is 45.1 Å². The Morgan fingerprint density at radius 3 is 2.86 bits per heavy atom. The number of anilines is 1. The fraction of sp³-hybridized carbons (Fsp3) is 0.240. The van der Waals surface area contributed by atoms with Gasteiger partial charge >= 0.3 is 0 Å². The smallest absolute Gasteiger partial charge is 0.278 e. The Kier molecular flexibility index (Phi) is 5.14. The summed E-state index contributed by atoms with van der Waals surface area (Å²) >= 11 is 6.20. The lowest BCUT2D eigenvalue weighted by Crippen LogP contribution is -2.25. The first kappa shape index (κ1) is 21.5. The Bertz CT molecular complexity index is 1660. The Balaban J connectivity index is 1.42. The molecule has 0 aliphatic heterocycles. The number of aryl methyl sites for hydroxylation is 1. The molecular weight excluding hydrogens is 468 g/mol. The highest BCUT2D eigenvalue weighted by molar-refractivity contribution is 6.33. The molecule has 0 saturated heterocycles. The second kappa shape index (κ2) is 8.35. The number of hydrogen-bond acceptors (Lipinski definition) is 6. The van der Waals surface area contributed by atoms with Crippen LogP contribution in [0.3, 0.4) is 0 Å². The number of benzene rings is 2. The molecule has 2 aromatic carbocycles.